The fourth-order valence-corrected chi connectivity index (χ4v) is 1.48. The second-order valence-corrected chi connectivity index (χ2v) is 4.54. The summed E-state index contributed by atoms with van der Waals surface area (Å²) in [6.07, 6.45) is -4.11. The minimum absolute atomic E-state index is 0.215. The number of hydrogen-bond donors (Lipinski definition) is 0. The quantitative estimate of drug-likeness (QED) is 0.773. The van der Waals surface area contributed by atoms with Crippen LogP contribution in [0.25, 0.3) is 0 Å². The van der Waals surface area contributed by atoms with E-state index >= 15 is 0 Å². The molecular weight excluding hydrogens is 259 g/mol. The molecule has 3 nitrogen and oxygen atoms in total. The molecule has 1 aromatic carbocycles. The van der Waals surface area contributed by atoms with Crippen molar-refractivity contribution in [2.24, 2.45) is 0 Å². The van der Waals surface area contributed by atoms with E-state index in [1.54, 1.807) is 0 Å². The number of carbonyl (C=O) groups excluding carboxylic acids is 1. The van der Waals surface area contributed by atoms with Crippen LogP contribution in [0.4, 0.5) is 13.2 Å². The summed E-state index contributed by atoms with van der Waals surface area (Å²) in [6, 6.07) is 3.93. The van der Waals surface area contributed by atoms with Crippen LogP contribution in [-0.4, -0.2) is 30.6 Å². The molecule has 19 heavy (non-hydrogen) atoms. The van der Waals surface area contributed by atoms with Gasteiger partial charge >= 0.3 is 6.36 Å². The average molecular weight is 275 g/mol. The van der Waals surface area contributed by atoms with Gasteiger partial charge in [-0.25, -0.2) is 0 Å². The highest BCUT2D eigenvalue weighted by Crippen LogP contribution is 2.25. The number of ether oxygens (including phenoxy) is 1. The topological polar surface area (TPSA) is 29.5 Å². The highest BCUT2D eigenvalue weighted by molar-refractivity contribution is 5.77. The van der Waals surface area contributed by atoms with Crippen molar-refractivity contribution in [1.82, 2.24) is 4.90 Å². The van der Waals surface area contributed by atoms with Crippen molar-refractivity contribution in [2.45, 2.75) is 32.8 Å². The van der Waals surface area contributed by atoms with Crippen LogP contribution >= 0.6 is 0 Å². The largest absolute Gasteiger partial charge is 0.573 e. The molecule has 0 atom stereocenters. The van der Waals surface area contributed by atoms with Gasteiger partial charge in [0.2, 0.25) is 0 Å². The summed E-state index contributed by atoms with van der Waals surface area (Å²) >= 11 is 0. The number of benzene rings is 1. The Morgan fingerprint density at radius 1 is 1.37 bits per heavy atom. The Bertz CT molecular complexity index is 444. The molecule has 0 aliphatic carbocycles. The normalized spacial score (nSPS) is 12.0. The molecule has 0 bridgehead atoms. The van der Waals surface area contributed by atoms with Gasteiger partial charge in [0.05, 0.1) is 0 Å². The Hall–Kier alpha value is -1.56. The number of nitrogens with zero attached hydrogens (tertiary/aromatic N) is 1. The summed E-state index contributed by atoms with van der Waals surface area (Å²) in [4.78, 5) is 12.8. The lowest BCUT2D eigenvalue weighted by Gasteiger charge is -2.22. The average Bonchev–Trinajstić information content (AvgIpc) is 2.27. The Kier molecular flexibility index (Phi) is 4.94. The van der Waals surface area contributed by atoms with E-state index in [0.717, 1.165) is 6.07 Å². The summed E-state index contributed by atoms with van der Waals surface area (Å²) in [5.41, 5.74) is 0.870. The van der Waals surface area contributed by atoms with Crippen molar-refractivity contribution < 1.29 is 22.7 Å². The molecule has 0 saturated carbocycles. The van der Waals surface area contributed by atoms with Gasteiger partial charge in [-0.2, -0.15) is 0 Å². The summed E-state index contributed by atoms with van der Waals surface area (Å²) < 4.78 is 40.3. The maximum atomic E-state index is 12.1. The molecule has 0 spiro atoms. The third-order valence-corrected chi connectivity index (χ3v) is 2.78. The van der Waals surface area contributed by atoms with E-state index in [4.69, 9.17) is 0 Å². The minimum Gasteiger partial charge on any atom is -0.406 e. The maximum absolute atomic E-state index is 12.1. The van der Waals surface area contributed by atoms with Crippen molar-refractivity contribution in [3.63, 3.8) is 0 Å². The van der Waals surface area contributed by atoms with Gasteiger partial charge in [-0.1, -0.05) is 0 Å². The van der Waals surface area contributed by atoms with Crippen LogP contribution in [0.15, 0.2) is 18.2 Å². The molecule has 6 heteroatoms. The number of carbonyl (C=O) groups is 1. The van der Waals surface area contributed by atoms with Crippen LogP contribution in [0.1, 0.15) is 29.8 Å². The third-order valence-electron chi connectivity index (χ3n) is 2.78. The van der Waals surface area contributed by atoms with Gasteiger partial charge in [-0.05, 0) is 44.7 Å². The van der Waals surface area contributed by atoms with Crippen molar-refractivity contribution in [2.75, 3.05) is 7.05 Å². The van der Waals surface area contributed by atoms with Gasteiger partial charge in [-0.15, -0.1) is 13.2 Å². The third kappa shape index (κ3) is 4.90. The molecule has 0 N–H and O–H groups in total. The first-order chi connectivity index (χ1) is 8.73. The number of aldehydes is 1. The summed E-state index contributed by atoms with van der Waals surface area (Å²) in [6.45, 7) is 4.29. The SMILES string of the molecule is CC(C)N(C)Cc1cc(OC(F)(F)F)ccc1C=O. The second kappa shape index (κ2) is 6.06. The number of rotatable bonds is 5. The maximum Gasteiger partial charge on any atom is 0.573 e. The van der Waals surface area contributed by atoms with Crippen LogP contribution in [0, 0.1) is 0 Å². The van der Waals surface area contributed by atoms with Crippen LogP contribution in [0.5, 0.6) is 5.75 Å². The Morgan fingerprint density at radius 3 is 2.47 bits per heavy atom. The first-order valence-corrected chi connectivity index (χ1v) is 5.77. The number of halogens is 3. The zero-order valence-electron chi connectivity index (χ0n) is 11.0. The summed E-state index contributed by atoms with van der Waals surface area (Å²) in [5, 5.41) is 0. The predicted octanol–water partition coefficient (Wildman–Crippen LogP) is 3.24. The lowest BCUT2D eigenvalue weighted by molar-refractivity contribution is -0.274. The molecule has 0 amide bonds. The standard InChI is InChI=1S/C13H16F3NO2/c1-9(2)17(3)7-11-6-12(19-13(14,15)16)5-4-10(11)8-18/h4-6,8-9H,7H2,1-3H3. The minimum atomic E-state index is -4.73. The van der Waals surface area contributed by atoms with Gasteiger partial charge < -0.3 is 4.74 Å². The Morgan fingerprint density at radius 2 is 2.00 bits per heavy atom. The Labute approximate surface area is 110 Å². The summed E-state index contributed by atoms with van der Waals surface area (Å²) in [7, 11) is 1.83. The Balaban J connectivity index is 2.99. The van der Waals surface area contributed by atoms with Crippen LogP contribution < -0.4 is 4.74 Å². The predicted molar refractivity (Wildman–Crippen MR) is 65.1 cm³/mol. The highest BCUT2D eigenvalue weighted by Gasteiger charge is 2.31. The van der Waals surface area contributed by atoms with Gasteiger partial charge in [0.25, 0.3) is 0 Å². The molecule has 0 radical (unpaired) electrons. The smallest absolute Gasteiger partial charge is 0.406 e. The van der Waals surface area contributed by atoms with E-state index in [1.807, 2.05) is 25.8 Å². The van der Waals surface area contributed by atoms with E-state index in [9.17, 15) is 18.0 Å². The molecule has 0 saturated heterocycles. The monoisotopic (exact) mass is 275 g/mol. The van der Waals surface area contributed by atoms with E-state index < -0.39 is 6.36 Å². The van der Waals surface area contributed by atoms with Crippen LogP contribution in [0.2, 0.25) is 0 Å². The van der Waals surface area contributed by atoms with Crippen molar-refractivity contribution in [1.29, 1.82) is 0 Å². The van der Waals surface area contributed by atoms with E-state index in [0.29, 0.717) is 24.0 Å². The van der Waals surface area contributed by atoms with Gasteiger partial charge in [0.1, 0.15) is 12.0 Å². The summed E-state index contributed by atoms with van der Waals surface area (Å²) in [5.74, 6) is -0.315. The van der Waals surface area contributed by atoms with Crippen LogP contribution in [0.3, 0.4) is 0 Å². The van der Waals surface area contributed by atoms with Crippen molar-refractivity contribution in [3.8, 4) is 5.75 Å². The lowest BCUT2D eigenvalue weighted by atomic mass is 10.1. The van der Waals surface area contributed by atoms with Crippen LogP contribution in [-0.2, 0) is 6.54 Å². The molecule has 1 rings (SSSR count). The molecule has 0 aliphatic heterocycles. The highest BCUT2D eigenvalue weighted by atomic mass is 19.4. The first-order valence-electron chi connectivity index (χ1n) is 5.77. The molecule has 0 unspecified atom stereocenters. The van der Waals surface area contributed by atoms with E-state index in [2.05, 4.69) is 4.74 Å². The lowest BCUT2D eigenvalue weighted by Crippen LogP contribution is -2.26. The van der Waals surface area contributed by atoms with Crippen molar-refractivity contribution >= 4 is 6.29 Å². The van der Waals surface area contributed by atoms with E-state index in [-0.39, 0.29) is 11.8 Å². The van der Waals surface area contributed by atoms with Gasteiger partial charge in [0, 0.05) is 18.2 Å². The molecule has 0 heterocycles. The fourth-order valence-electron chi connectivity index (χ4n) is 1.48. The molecule has 106 valence electrons. The van der Waals surface area contributed by atoms with Crippen molar-refractivity contribution in [3.05, 3.63) is 29.3 Å². The zero-order valence-corrected chi connectivity index (χ0v) is 11.0. The number of hydrogen-bond acceptors (Lipinski definition) is 3. The van der Waals surface area contributed by atoms with Gasteiger partial charge in [0.15, 0.2) is 0 Å². The molecule has 1 aromatic rings. The fraction of sp³-hybridized carbons (Fsp3) is 0.462. The molecule has 0 fully saturated rings. The second-order valence-electron chi connectivity index (χ2n) is 4.54. The number of alkyl halides is 3. The molecular formula is C13H16F3NO2. The van der Waals surface area contributed by atoms with E-state index in [1.165, 1.54) is 12.1 Å². The van der Waals surface area contributed by atoms with Gasteiger partial charge in [-0.3, -0.25) is 9.69 Å². The zero-order chi connectivity index (χ0) is 14.6. The first kappa shape index (κ1) is 15.5. The molecule has 0 aromatic heterocycles. The molecule has 0 aliphatic rings.